The van der Waals surface area contributed by atoms with Gasteiger partial charge in [-0.15, -0.1) is 0 Å². The Morgan fingerprint density at radius 1 is 1.25 bits per heavy atom. The van der Waals surface area contributed by atoms with Gasteiger partial charge in [0.15, 0.2) is 0 Å². The highest BCUT2D eigenvalue weighted by atomic mass is 19.3. The first-order valence-electron chi connectivity index (χ1n) is 10.5. The molecule has 1 aromatic carbocycles. The van der Waals surface area contributed by atoms with Gasteiger partial charge in [0.05, 0.1) is 16.6 Å². The fraction of sp³-hybridized carbons (Fsp3) is 0.348. The van der Waals surface area contributed by atoms with Crippen LogP contribution >= 0.6 is 0 Å². The summed E-state index contributed by atoms with van der Waals surface area (Å²) in [5, 5.41) is 2.64. The lowest BCUT2D eigenvalue weighted by molar-refractivity contribution is -0.114. The van der Waals surface area contributed by atoms with Crippen LogP contribution in [0.25, 0.3) is 16.7 Å². The molecular weight excluding hydrogens is 418 g/mol. The largest absolute Gasteiger partial charge is 0.434 e. The highest BCUT2D eigenvalue weighted by Gasteiger charge is 2.40. The summed E-state index contributed by atoms with van der Waals surface area (Å²) < 4.78 is 33.0. The molecule has 5 rings (SSSR count). The number of hydrogen-bond donors (Lipinski definition) is 1. The number of carbonyl (C=O) groups is 2. The van der Waals surface area contributed by atoms with Gasteiger partial charge in [0.1, 0.15) is 11.6 Å². The van der Waals surface area contributed by atoms with Crippen molar-refractivity contribution in [2.24, 2.45) is 5.92 Å². The van der Waals surface area contributed by atoms with E-state index in [1.54, 1.807) is 33.9 Å². The van der Waals surface area contributed by atoms with Crippen molar-refractivity contribution in [3.63, 3.8) is 0 Å². The number of fused-ring (bicyclic) bond motifs is 2. The van der Waals surface area contributed by atoms with Crippen molar-refractivity contribution in [3.05, 3.63) is 47.7 Å². The number of anilines is 1. The van der Waals surface area contributed by atoms with Gasteiger partial charge in [-0.1, -0.05) is 0 Å². The predicted octanol–water partition coefficient (Wildman–Crippen LogP) is 4.34. The van der Waals surface area contributed by atoms with Crippen LogP contribution in [-0.4, -0.2) is 38.9 Å². The number of ether oxygens (including phenoxy) is 1. The van der Waals surface area contributed by atoms with Crippen LogP contribution in [0.3, 0.4) is 0 Å². The molecular formula is C23H22F2N4O3. The Hall–Kier alpha value is -3.49. The van der Waals surface area contributed by atoms with Gasteiger partial charge in [-0.05, 0) is 55.5 Å². The van der Waals surface area contributed by atoms with Crippen molar-refractivity contribution in [2.75, 3.05) is 5.32 Å². The third kappa shape index (κ3) is 3.57. The number of nitrogens with one attached hydrogen (secondary N) is 1. The lowest BCUT2D eigenvalue weighted by Gasteiger charge is -2.24. The second-order valence-corrected chi connectivity index (χ2v) is 8.34. The van der Waals surface area contributed by atoms with Crippen molar-refractivity contribution >= 4 is 28.7 Å². The maximum Gasteiger partial charge on any atom is 0.387 e. The maximum atomic E-state index is 13.2. The summed E-state index contributed by atoms with van der Waals surface area (Å²) in [4.78, 5) is 30.5. The first-order valence-corrected chi connectivity index (χ1v) is 10.5. The number of hydrogen-bond acceptors (Lipinski definition) is 4. The number of nitrogens with zero attached hydrogens (tertiary/aromatic N) is 3. The van der Waals surface area contributed by atoms with Crippen LogP contribution in [0.1, 0.15) is 42.6 Å². The molecule has 1 fully saturated rings. The quantitative estimate of drug-likeness (QED) is 0.619. The van der Waals surface area contributed by atoms with E-state index >= 15 is 0 Å². The normalized spacial score (nSPS) is 16.5. The van der Waals surface area contributed by atoms with Crippen LogP contribution in [0, 0.1) is 5.92 Å². The van der Waals surface area contributed by atoms with Crippen molar-refractivity contribution in [3.8, 4) is 11.4 Å². The van der Waals surface area contributed by atoms with E-state index in [1.807, 2.05) is 13.0 Å². The van der Waals surface area contributed by atoms with E-state index in [9.17, 15) is 18.4 Å². The zero-order chi connectivity index (χ0) is 22.6. The summed E-state index contributed by atoms with van der Waals surface area (Å²) in [5.74, 6) is 0.282. The molecule has 9 heteroatoms. The number of benzene rings is 1. The highest BCUT2D eigenvalue weighted by Crippen LogP contribution is 2.41. The molecule has 32 heavy (non-hydrogen) atoms. The lowest BCUT2D eigenvalue weighted by atomic mass is 10.1. The molecule has 0 radical (unpaired) electrons. The number of halogens is 2. The molecule has 1 aliphatic carbocycles. The Kier molecular flexibility index (Phi) is 4.83. The topological polar surface area (TPSA) is 76.5 Å². The van der Waals surface area contributed by atoms with E-state index in [0.29, 0.717) is 35.0 Å². The molecule has 2 aliphatic rings. The lowest BCUT2D eigenvalue weighted by Crippen LogP contribution is -2.34. The minimum Gasteiger partial charge on any atom is -0.434 e. The first kappa shape index (κ1) is 20.4. The molecule has 3 aromatic rings. The van der Waals surface area contributed by atoms with Crippen LogP contribution < -0.4 is 10.1 Å². The molecule has 1 saturated carbocycles. The van der Waals surface area contributed by atoms with Crippen molar-refractivity contribution in [1.29, 1.82) is 0 Å². The number of rotatable bonds is 6. The maximum absolute atomic E-state index is 13.2. The van der Waals surface area contributed by atoms with Gasteiger partial charge in [-0.25, -0.2) is 4.98 Å². The van der Waals surface area contributed by atoms with E-state index in [0.717, 1.165) is 18.4 Å². The van der Waals surface area contributed by atoms with Gasteiger partial charge in [0.2, 0.25) is 5.91 Å². The van der Waals surface area contributed by atoms with Gasteiger partial charge < -0.3 is 19.5 Å². The molecule has 2 amide bonds. The fourth-order valence-corrected chi connectivity index (χ4v) is 4.41. The van der Waals surface area contributed by atoms with E-state index in [4.69, 9.17) is 4.74 Å². The molecule has 7 nitrogen and oxygen atoms in total. The summed E-state index contributed by atoms with van der Waals surface area (Å²) in [6.07, 6.45) is 3.93. The summed E-state index contributed by atoms with van der Waals surface area (Å²) in [5.41, 5.74) is 2.84. The summed E-state index contributed by atoms with van der Waals surface area (Å²) in [6.45, 7) is 0.734. The fourth-order valence-electron chi connectivity index (χ4n) is 4.41. The molecule has 1 N–H and O–H groups in total. The molecule has 2 aromatic heterocycles. The minimum absolute atomic E-state index is 0.0570. The van der Waals surface area contributed by atoms with E-state index in [-0.39, 0.29) is 29.2 Å². The standard InChI is InChI=1S/C23H22F2N4O3/c1-12(14-3-4-14)29-11-15-9-16(10-19(32-23(24)25)21(15)22(29)31)28-8-7-17-18(28)5-6-20(27-17)26-13(2)30/h5-10,12,14,23H,3-4,11H2,1-2H3,(H,26,27,30)/t12-/m0/s1. The van der Waals surface area contributed by atoms with Gasteiger partial charge in [-0.2, -0.15) is 8.78 Å². The Morgan fingerprint density at radius 2 is 2.03 bits per heavy atom. The smallest absolute Gasteiger partial charge is 0.387 e. The van der Waals surface area contributed by atoms with Crippen molar-refractivity contribution < 1.29 is 23.1 Å². The van der Waals surface area contributed by atoms with Crippen LogP contribution in [0.4, 0.5) is 14.6 Å². The number of alkyl halides is 2. The molecule has 0 bridgehead atoms. The number of aromatic nitrogens is 2. The van der Waals surface area contributed by atoms with Crippen molar-refractivity contribution in [2.45, 2.75) is 45.9 Å². The second kappa shape index (κ2) is 7.58. The van der Waals surface area contributed by atoms with E-state index in [2.05, 4.69) is 10.3 Å². The average molecular weight is 440 g/mol. The second-order valence-electron chi connectivity index (χ2n) is 8.34. The third-order valence-corrected chi connectivity index (χ3v) is 6.12. The number of pyridine rings is 1. The Bertz CT molecular complexity index is 1240. The van der Waals surface area contributed by atoms with E-state index < -0.39 is 6.61 Å². The SMILES string of the molecule is CC(=O)Nc1ccc2c(ccn2-c2cc3c(c(OC(F)F)c2)C(=O)N([C@@H](C)C2CC2)C3)n1. The third-order valence-electron chi connectivity index (χ3n) is 6.12. The Morgan fingerprint density at radius 3 is 2.72 bits per heavy atom. The molecule has 1 aliphatic heterocycles. The molecule has 0 saturated heterocycles. The predicted molar refractivity (Wildman–Crippen MR) is 114 cm³/mol. The molecule has 0 unspecified atom stereocenters. The van der Waals surface area contributed by atoms with Gasteiger partial charge in [-0.3, -0.25) is 9.59 Å². The molecule has 3 heterocycles. The van der Waals surface area contributed by atoms with Gasteiger partial charge in [0.25, 0.3) is 5.91 Å². The summed E-state index contributed by atoms with van der Waals surface area (Å²) in [6, 6.07) is 8.60. The van der Waals surface area contributed by atoms with E-state index in [1.165, 1.54) is 13.0 Å². The highest BCUT2D eigenvalue weighted by molar-refractivity contribution is 6.01. The summed E-state index contributed by atoms with van der Waals surface area (Å²) >= 11 is 0. The zero-order valence-corrected chi connectivity index (χ0v) is 17.6. The van der Waals surface area contributed by atoms with Gasteiger partial charge >= 0.3 is 6.61 Å². The zero-order valence-electron chi connectivity index (χ0n) is 17.6. The van der Waals surface area contributed by atoms with Crippen LogP contribution in [-0.2, 0) is 11.3 Å². The van der Waals surface area contributed by atoms with Crippen LogP contribution in [0.5, 0.6) is 5.75 Å². The molecule has 166 valence electrons. The Labute approximate surface area is 183 Å². The molecule has 0 spiro atoms. The summed E-state index contributed by atoms with van der Waals surface area (Å²) in [7, 11) is 0. The average Bonchev–Trinajstić information content (AvgIpc) is 3.41. The van der Waals surface area contributed by atoms with Crippen molar-refractivity contribution in [1.82, 2.24) is 14.5 Å². The van der Waals surface area contributed by atoms with Crippen LogP contribution in [0.2, 0.25) is 0 Å². The molecule has 1 atom stereocenters. The number of amides is 2. The minimum atomic E-state index is -3.04. The van der Waals surface area contributed by atoms with Crippen LogP contribution in [0.15, 0.2) is 36.5 Å². The Balaban J connectivity index is 1.57. The first-order chi connectivity index (χ1) is 15.3. The number of carbonyl (C=O) groups excluding carboxylic acids is 2. The monoisotopic (exact) mass is 440 g/mol. The van der Waals surface area contributed by atoms with Gasteiger partial charge in [0, 0.05) is 37.5 Å².